The van der Waals surface area contributed by atoms with Crippen molar-refractivity contribution in [2.45, 2.75) is 6.54 Å². The van der Waals surface area contributed by atoms with Crippen molar-refractivity contribution in [2.75, 3.05) is 14.2 Å². The standard InChI is InChI=1S/C22H19N3O4S2/c1-27-18-8-7-15(11-19(18)28-2)12-20-21(26)25(14-16-5-3-9-29-16)22(31-20)24-23-13-17-6-4-10-30-17/h3-13H,14H2,1-2H3/b20-12-,23-13+,24-22-. The number of benzene rings is 1. The van der Waals surface area contributed by atoms with Crippen LogP contribution in [0.4, 0.5) is 0 Å². The van der Waals surface area contributed by atoms with E-state index in [-0.39, 0.29) is 12.5 Å². The molecule has 1 saturated heterocycles. The number of carbonyl (C=O) groups is 1. The van der Waals surface area contributed by atoms with Gasteiger partial charge in [-0.15, -0.1) is 16.4 Å². The van der Waals surface area contributed by atoms with Gasteiger partial charge in [0.2, 0.25) is 0 Å². The van der Waals surface area contributed by atoms with Gasteiger partial charge >= 0.3 is 0 Å². The number of ether oxygens (including phenoxy) is 2. The molecule has 0 unspecified atom stereocenters. The highest BCUT2D eigenvalue weighted by Gasteiger charge is 2.34. The highest BCUT2D eigenvalue weighted by atomic mass is 32.2. The molecule has 0 bridgehead atoms. The molecule has 1 aromatic carbocycles. The van der Waals surface area contributed by atoms with Gasteiger partial charge in [0.05, 0.1) is 38.1 Å². The van der Waals surface area contributed by atoms with E-state index in [2.05, 4.69) is 10.2 Å². The van der Waals surface area contributed by atoms with Gasteiger partial charge in [0.1, 0.15) is 5.76 Å². The van der Waals surface area contributed by atoms with E-state index in [1.165, 1.54) is 11.8 Å². The zero-order valence-electron chi connectivity index (χ0n) is 16.8. The van der Waals surface area contributed by atoms with Crippen LogP contribution in [0.15, 0.2) is 73.6 Å². The lowest BCUT2D eigenvalue weighted by Gasteiger charge is -2.12. The van der Waals surface area contributed by atoms with Crippen LogP contribution < -0.4 is 9.47 Å². The SMILES string of the molecule is COc1ccc(/C=C2\S/C(=N\N=C\c3cccs3)N(Cc3ccco3)C2=O)cc1OC. The topological polar surface area (TPSA) is 76.6 Å². The number of hydrogen-bond acceptors (Lipinski definition) is 8. The van der Waals surface area contributed by atoms with E-state index < -0.39 is 0 Å². The maximum atomic E-state index is 13.1. The minimum absolute atomic E-state index is 0.166. The third-order valence-corrected chi connectivity index (χ3v) is 6.16. The van der Waals surface area contributed by atoms with Crippen LogP contribution in [0.2, 0.25) is 0 Å². The molecule has 1 fully saturated rings. The number of amides is 1. The minimum Gasteiger partial charge on any atom is -0.493 e. The first-order valence-corrected chi connectivity index (χ1v) is 11.0. The van der Waals surface area contributed by atoms with Crippen LogP contribution in [0, 0.1) is 0 Å². The van der Waals surface area contributed by atoms with E-state index in [1.54, 1.807) is 61.1 Å². The average molecular weight is 454 g/mol. The molecule has 0 atom stereocenters. The van der Waals surface area contributed by atoms with Gasteiger partial charge in [0.25, 0.3) is 5.91 Å². The van der Waals surface area contributed by atoms with E-state index in [0.29, 0.717) is 27.3 Å². The lowest BCUT2D eigenvalue weighted by atomic mass is 10.2. The average Bonchev–Trinajstić information content (AvgIpc) is 3.54. The monoisotopic (exact) mass is 453 g/mol. The van der Waals surface area contributed by atoms with Crippen molar-refractivity contribution in [2.24, 2.45) is 10.2 Å². The van der Waals surface area contributed by atoms with Gasteiger partial charge in [-0.2, -0.15) is 5.10 Å². The molecule has 0 aliphatic carbocycles. The Hall–Kier alpha value is -3.30. The van der Waals surface area contributed by atoms with Gasteiger partial charge in [0.15, 0.2) is 16.7 Å². The Labute approximate surface area is 187 Å². The van der Waals surface area contributed by atoms with Crippen molar-refractivity contribution in [1.29, 1.82) is 0 Å². The van der Waals surface area contributed by atoms with E-state index in [1.807, 2.05) is 35.7 Å². The van der Waals surface area contributed by atoms with Gasteiger partial charge in [0, 0.05) is 4.88 Å². The van der Waals surface area contributed by atoms with Crippen molar-refractivity contribution < 1.29 is 18.7 Å². The summed E-state index contributed by atoms with van der Waals surface area (Å²) in [4.78, 5) is 16.2. The number of thiophene rings is 1. The largest absolute Gasteiger partial charge is 0.493 e. The van der Waals surface area contributed by atoms with E-state index in [9.17, 15) is 4.79 Å². The molecule has 0 spiro atoms. The molecule has 1 aliphatic heterocycles. The number of nitrogens with zero attached hydrogens (tertiary/aromatic N) is 3. The third-order valence-electron chi connectivity index (χ3n) is 4.36. The summed E-state index contributed by atoms with van der Waals surface area (Å²) in [7, 11) is 3.16. The van der Waals surface area contributed by atoms with Crippen molar-refractivity contribution in [1.82, 2.24) is 4.90 Å². The molecule has 0 saturated carbocycles. The number of methoxy groups -OCH3 is 2. The van der Waals surface area contributed by atoms with Crippen molar-refractivity contribution >= 4 is 46.5 Å². The highest BCUT2D eigenvalue weighted by molar-refractivity contribution is 8.18. The first-order chi connectivity index (χ1) is 15.2. The molecule has 2 aromatic heterocycles. The van der Waals surface area contributed by atoms with E-state index in [4.69, 9.17) is 13.9 Å². The summed E-state index contributed by atoms with van der Waals surface area (Å²) in [6.45, 7) is 0.273. The van der Waals surface area contributed by atoms with Crippen molar-refractivity contribution in [3.05, 3.63) is 75.2 Å². The fourth-order valence-electron chi connectivity index (χ4n) is 2.87. The third kappa shape index (κ3) is 4.89. The Kier molecular flexibility index (Phi) is 6.54. The van der Waals surface area contributed by atoms with Crippen LogP contribution in [-0.4, -0.2) is 36.4 Å². The predicted molar refractivity (Wildman–Crippen MR) is 124 cm³/mol. The van der Waals surface area contributed by atoms with Crippen molar-refractivity contribution in [3.8, 4) is 11.5 Å². The number of thioether (sulfide) groups is 1. The molecule has 31 heavy (non-hydrogen) atoms. The molecule has 3 aromatic rings. The fraction of sp³-hybridized carbons (Fsp3) is 0.136. The maximum absolute atomic E-state index is 13.1. The summed E-state index contributed by atoms with van der Waals surface area (Å²) in [5.74, 6) is 1.71. The summed E-state index contributed by atoms with van der Waals surface area (Å²) in [6.07, 6.45) is 5.05. The van der Waals surface area contributed by atoms with Crippen LogP contribution in [0.25, 0.3) is 6.08 Å². The number of hydrogen-bond donors (Lipinski definition) is 0. The number of amidine groups is 1. The number of furan rings is 1. The summed E-state index contributed by atoms with van der Waals surface area (Å²) in [5.41, 5.74) is 0.815. The van der Waals surface area contributed by atoms with Gasteiger partial charge in [-0.3, -0.25) is 9.69 Å². The van der Waals surface area contributed by atoms with Crippen LogP contribution >= 0.6 is 23.1 Å². The highest BCUT2D eigenvalue weighted by Crippen LogP contribution is 2.35. The number of rotatable bonds is 7. The summed E-state index contributed by atoms with van der Waals surface area (Å²) >= 11 is 2.83. The molecular weight excluding hydrogens is 434 g/mol. The lowest BCUT2D eigenvalue weighted by Crippen LogP contribution is -2.28. The molecular formula is C22H19N3O4S2. The normalized spacial score (nSPS) is 16.7. The van der Waals surface area contributed by atoms with Crippen LogP contribution in [0.1, 0.15) is 16.2 Å². The Bertz CT molecular complexity index is 1140. The summed E-state index contributed by atoms with van der Waals surface area (Å²) < 4.78 is 16.1. The Morgan fingerprint density at radius 2 is 2.00 bits per heavy atom. The van der Waals surface area contributed by atoms with Gasteiger partial charge in [-0.05, 0) is 59.1 Å². The smallest absolute Gasteiger partial charge is 0.267 e. The molecule has 4 rings (SSSR count). The molecule has 158 valence electrons. The van der Waals surface area contributed by atoms with Gasteiger partial charge < -0.3 is 13.9 Å². The molecule has 7 nitrogen and oxygen atoms in total. The van der Waals surface area contributed by atoms with E-state index in [0.717, 1.165) is 10.4 Å². The quantitative estimate of drug-likeness (QED) is 0.290. The zero-order chi connectivity index (χ0) is 21.6. The fourth-order valence-corrected chi connectivity index (χ4v) is 4.39. The van der Waals surface area contributed by atoms with Gasteiger partial charge in [-0.1, -0.05) is 12.1 Å². The van der Waals surface area contributed by atoms with Crippen LogP contribution in [0.3, 0.4) is 0 Å². The number of carbonyl (C=O) groups excluding carboxylic acids is 1. The minimum atomic E-state index is -0.166. The Balaban J connectivity index is 1.63. The van der Waals surface area contributed by atoms with Crippen LogP contribution in [-0.2, 0) is 11.3 Å². The molecule has 9 heteroatoms. The Morgan fingerprint density at radius 3 is 2.71 bits per heavy atom. The zero-order valence-corrected chi connectivity index (χ0v) is 18.5. The molecule has 0 radical (unpaired) electrons. The lowest BCUT2D eigenvalue weighted by molar-refractivity contribution is -0.122. The second-order valence-corrected chi connectivity index (χ2v) is 8.33. The second-order valence-electron chi connectivity index (χ2n) is 6.34. The molecule has 3 heterocycles. The molecule has 1 amide bonds. The Morgan fingerprint density at radius 1 is 1.13 bits per heavy atom. The first kappa shape index (κ1) is 21.0. The maximum Gasteiger partial charge on any atom is 0.267 e. The molecule has 1 aliphatic rings. The first-order valence-electron chi connectivity index (χ1n) is 9.28. The van der Waals surface area contributed by atoms with E-state index >= 15 is 0 Å². The second kappa shape index (κ2) is 9.67. The van der Waals surface area contributed by atoms with Crippen molar-refractivity contribution in [3.63, 3.8) is 0 Å². The van der Waals surface area contributed by atoms with Gasteiger partial charge in [-0.25, -0.2) is 0 Å². The summed E-state index contributed by atoms with van der Waals surface area (Å²) in [5, 5.41) is 10.9. The predicted octanol–water partition coefficient (Wildman–Crippen LogP) is 4.86. The summed E-state index contributed by atoms with van der Waals surface area (Å²) in [6, 6.07) is 13.0. The van der Waals surface area contributed by atoms with Crippen LogP contribution in [0.5, 0.6) is 11.5 Å². The molecule has 0 N–H and O–H groups in total.